The number of aryl methyl sites for hydroxylation is 1. The van der Waals surface area contributed by atoms with Crippen LogP contribution in [0.25, 0.3) is 0 Å². The number of halogens is 1. The summed E-state index contributed by atoms with van der Waals surface area (Å²) in [6.07, 6.45) is 5.18. The minimum Gasteiger partial charge on any atom is -0.354 e. The van der Waals surface area contributed by atoms with E-state index in [1.54, 1.807) is 11.3 Å². The summed E-state index contributed by atoms with van der Waals surface area (Å²) >= 11 is 1.78. The number of hydrogen-bond acceptors (Lipinski definition) is 3. The van der Waals surface area contributed by atoms with Crippen LogP contribution in [-0.4, -0.2) is 24.0 Å². The van der Waals surface area contributed by atoms with E-state index in [-0.39, 0.29) is 24.0 Å². The molecule has 1 aliphatic rings. The van der Waals surface area contributed by atoms with Gasteiger partial charge in [0, 0.05) is 18.0 Å². The molecule has 0 aliphatic heterocycles. The summed E-state index contributed by atoms with van der Waals surface area (Å²) in [6.45, 7) is 7.30. The average molecular weight is 422 g/mol. The van der Waals surface area contributed by atoms with Crippen molar-refractivity contribution in [2.75, 3.05) is 7.05 Å². The van der Waals surface area contributed by atoms with Crippen LogP contribution in [0, 0.1) is 6.92 Å². The van der Waals surface area contributed by atoms with Gasteiger partial charge in [-0.05, 0) is 25.7 Å². The van der Waals surface area contributed by atoms with Gasteiger partial charge in [-0.25, -0.2) is 4.98 Å². The monoisotopic (exact) mass is 422 g/mol. The van der Waals surface area contributed by atoms with Gasteiger partial charge in [0.2, 0.25) is 0 Å². The first-order valence-corrected chi connectivity index (χ1v) is 8.35. The minimum absolute atomic E-state index is 0. The minimum atomic E-state index is 0. The molecule has 21 heavy (non-hydrogen) atoms. The summed E-state index contributed by atoms with van der Waals surface area (Å²) in [4.78, 5) is 10.4. The quantitative estimate of drug-likeness (QED) is 0.441. The zero-order valence-electron chi connectivity index (χ0n) is 13.4. The molecule has 0 amide bonds. The summed E-state index contributed by atoms with van der Waals surface area (Å²) in [7, 11) is 1.83. The maximum atomic E-state index is 4.72. The van der Waals surface area contributed by atoms with Crippen LogP contribution in [0.5, 0.6) is 0 Å². The lowest BCUT2D eigenvalue weighted by Crippen LogP contribution is -2.41. The molecule has 0 bridgehead atoms. The first kappa shape index (κ1) is 18.7. The Bertz CT molecular complexity index is 464. The van der Waals surface area contributed by atoms with E-state index in [9.17, 15) is 0 Å². The van der Waals surface area contributed by atoms with Crippen molar-refractivity contribution >= 4 is 41.3 Å². The van der Waals surface area contributed by atoms with Crippen molar-refractivity contribution in [1.29, 1.82) is 0 Å². The van der Waals surface area contributed by atoms with E-state index in [4.69, 9.17) is 4.98 Å². The average Bonchev–Trinajstić information content (AvgIpc) is 3.03. The van der Waals surface area contributed by atoms with E-state index < -0.39 is 0 Å². The first-order chi connectivity index (χ1) is 9.60. The van der Waals surface area contributed by atoms with Crippen LogP contribution >= 0.6 is 35.3 Å². The number of aromatic nitrogens is 1. The number of thiazole rings is 1. The molecule has 0 atom stereocenters. The zero-order valence-corrected chi connectivity index (χ0v) is 16.5. The molecule has 120 valence electrons. The predicted molar refractivity (Wildman–Crippen MR) is 102 cm³/mol. The topological polar surface area (TPSA) is 49.3 Å². The van der Waals surface area contributed by atoms with Crippen molar-refractivity contribution in [2.24, 2.45) is 4.99 Å². The Morgan fingerprint density at radius 2 is 2.05 bits per heavy atom. The lowest BCUT2D eigenvalue weighted by molar-refractivity contribution is 0.613. The van der Waals surface area contributed by atoms with Crippen molar-refractivity contribution in [3.05, 3.63) is 15.6 Å². The van der Waals surface area contributed by atoms with E-state index in [2.05, 4.69) is 36.4 Å². The maximum Gasteiger partial charge on any atom is 0.191 e. The Labute approximate surface area is 149 Å². The second-order valence-corrected chi connectivity index (χ2v) is 7.04. The maximum absolute atomic E-state index is 4.72. The number of nitrogens with one attached hydrogen (secondary N) is 2. The largest absolute Gasteiger partial charge is 0.354 e. The lowest BCUT2D eigenvalue weighted by atomic mass is 10.1. The van der Waals surface area contributed by atoms with Crippen molar-refractivity contribution < 1.29 is 0 Å². The SMILES string of the molecule is CN=C(NCc1nc(C(C)C)c(C)s1)NC1CCCC1.I. The summed E-state index contributed by atoms with van der Waals surface area (Å²) in [5.74, 6) is 1.40. The van der Waals surface area contributed by atoms with Gasteiger partial charge in [0.15, 0.2) is 5.96 Å². The second kappa shape index (κ2) is 8.92. The number of rotatable bonds is 4. The Hall–Kier alpha value is -0.370. The summed E-state index contributed by atoms with van der Waals surface area (Å²) in [6, 6.07) is 0.588. The van der Waals surface area contributed by atoms with Crippen molar-refractivity contribution in [3.63, 3.8) is 0 Å². The number of hydrogen-bond donors (Lipinski definition) is 2. The second-order valence-electron chi connectivity index (χ2n) is 5.76. The van der Waals surface area contributed by atoms with Gasteiger partial charge in [-0.1, -0.05) is 26.7 Å². The first-order valence-electron chi connectivity index (χ1n) is 7.53. The molecule has 6 heteroatoms. The molecule has 1 fully saturated rings. The van der Waals surface area contributed by atoms with Crippen LogP contribution in [0.1, 0.15) is 61.0 Å². The van der Waals surface area contributed by atoms with Crippen molar-refractivity contribution in [3.8, 4) is 0 Å². The third-order valence-electron chi connectivity index (χ3n) is 3.75. The van der Waals surface area contributed by atoms with E-state index in [0.29, 0.717) is 12.0 Å². The lowest BCUT2D eigenvalue weighted by Gasteiger charge is -2.16. The van der Waals surface area contributed by atoms with Crippen LogP contribution in [0.4, 0.5) is 0 Å². The molecular formula is C15H27IN4S. The number of guanidine groups is 1. The fraction of sp³-hybridized carbons (Fsp3) is 0.733. The molecule has 0 saturated heterocycles. The molecule has 2 N–H and O–H groups in total. The van der Waals surface area contributed by atoms with E-state index in [0.717, 1.165) is 17.5 Å². The highest BCUT2D eigenvalue weighted by Crippen LogP contribution is 2.24. The molecule has 1 aromatic rings. The normalized spacial score (nSPS) is 16.1. The van der Waals surface area contributed by atoms with Gasteiger partial charge < -0.3 is 10.6 Å². The number of aliphatic imine (C=N–C) groups is 1. The highest BCUT2D eigenvalue weighted by molar-refractivity contribution is 14.0. The summed E-state index contributed by atoms with van der Waals surface area (Å²) in [5.41, 5.74) is 1.23. The van der Waals surface area contributed by atoms with E-state index >= 15 is 0 Å². The molecule has 1 aliphatic carbocycles. The van der Waals surface area contributed by atoms with Crippen molar-refractivity contribution in [2.45, 2.75) is 65.0 Å². The van der Waals surface area contributed by atoms with Crippen LogP contribution in [0.2, 0.25) is 0 Å². The standard InChI is InChI=1S/C15H26N4S.HI/c1-10(2)14-11(3)20-13(19-14)9-17-15(16-4)18-12-7-5-6-8-12;/h10,12H,5-9H2,1-4H3,(H2,16,17,18);1H. The van der Waals surface area contributed by atoms with Crippen LogP contribution < -0.4 is 10.6 Å². The molecule has 4 nitrogen and oxygen atoms in total. The predicted octanol–water partition coefficient (Wildman–Crippen LogP) is 3.80. The van der Waals surface area contributed by atoms with Crippen molar-refractivity contribution in [1.82, 2.24) is 15.6 Å². The Morgan fingerprint density at radius 1 is 1.38 bits per heavy atom. The summed E-state index contributed by atoms with van der Waals surface area (Å²) in [5, 5.41) is 8.01. The van der Waals surface area contributed by atoms with E-state index in [1.807, 2.05) is 7.05 Å². The van der Waals surface area contributed by atoms with Gasteiger partial charge in [-0.15, -0.1) is 35.3 Å². The van der Waals surface area contributed by atoms with Gasteiger partial charge in [0.25, 0.3) is 0 Å². The zero-order chi connectivity index (χ0) is 14.5. The third-order valence-corrected chi connectivity index (χ3v) is 4.74. The van der Waals surface area contributed by atoms with Gasteiger partial charge in [-0.2, -0.15) is 0 Å². The van der Waals surface area contributed by atoms with E-state index in [1.165, 1.54) is 36.3 Å². The summed E-state index contributed by atoms with van der Waals surface area (Å²) < 4.78 is 0. The number of nitrogens with zero attached hydrogens (tertiary/aromatic N) is 2. The fourth-order valence-electron chi connectivity index (χ4n) is 2.69. The molecule has 2 rings (SSSR count). The molecule has 1 aromatic heterocycles. The van der Waals surface area contributed by atoms with Gasteiger partial charge in [0.1, 0.15) is 5.01 Å². The Kier molecular flexibility index (Phi) is 7.94. The molecule has 0 spiro atoms. The molecule has 1 saturated carbocycles. The molecule has 0 aromatic carbocycles. The Morgan fingerprint density at radius 3 is 2.57 bits per heavy atom. The smallest absolute Gasteiger partial charge is 0.191 e. The van der Waals surface area contributed by atoms with Gasteiger partial charge in [0.05, 0.1) is 12.2 Å². The molecule has 0 radical (unpaired) electrons. The van der Waals surface area contributed by atoms with Gasteiger partial charge in [-0.3, -0.25) is 4.99 Å². The van der Waals surface area contributed by atoms with Crippen LogP contribution in [0.15, 0.2) is 4.99 Å². The highest BCUT2D eigenvalue weighted by Gasteiger charge is 2.16. The third kappa shape index (κ3) is 5.39. The molecule has 0 unspecified atom stereocenters. The molecular weight excluding hydrogens is 395 g/mol. The molecule has 1 heterocycles. The van der Waals surface area contributed by atoms with Crippen LogP contribution in [-0.2, 0) is 6.54 Å². The Balaban J connectivity index is 0.00000220. The highest BCUT2D eigenvalue weighted by atomic mass is 127. The fourth-order valence-corrected chi connectivity index (χ4v) is 3.72. The van der Waals surface area contributed by atoms with Crippen LogP contribution in [0.3, 0.4) is 0 Å². The van der Waals surface area contributed by atoms with Gasteiger partial charge >= 0.3 is 0 Å².